The minimum absolute atomic E-state index is 0.00279. The molecule has 4 N–H and O–H groups in total. The van der Waals surface area contributed by atoms with Crippen LogP contribution in [-0.4, -0.2) is 30.2 Å². The van der Waals surface area contributed by atoms with Gasteiger partial charge in [0, 0.05) is 18.9 Å². The van der Waals surface area contributed by atoms with Crippen molar-refractivity contribution in [2.45, 2.75) is 57.4 Å². The molecule has 0 aliphatic rings. The molecule has 19 heavy (non-hydrogen) atoms. The van der Waals surface area contributed by atoms with Crippen LogP contribution in [0.3, 0.4) is 0 Å². The van der Waals surface area contributed by atoms with Crippen molar-refractivity contribution in [3.8, 4) is 0 Å². The summed E-state index contributed by atoms with van der Waals surface area (Å²) in [6.07, 6.45) is 6.63. The topological polar surface area (TPSA) is 96.9 Å². The zero-order valence-corrected chi connectivity index (χ0v) is 12.4. The number of amides is 1. The Bertz CT molecular complexity index is 262. The number of aliphatic carboxylic acids is 1. The monoisotopic (exact) mass is 290 g/mol. The third kappa shape index (κ3) is 12.0. The van der Waals surface area contributed by atoms with Crippen LogP contribution in [0.2, 0.25) is 0 Å². The number of carbonyl (C=O) groups excluding carboxylic acids is 2. The molecule has 0 radical (unpaired) electrons. The molecule has 1 atom stereocenters. The molecule has 0 saturated heterocycles. The predicted molar refractivity (Wildman–Crippen MR) is 75.5 cm³/mol. The number of carboxylic acids is 1. The molecule has 5 nitrogen and oxygen atoms in total. The normalized spacial score (nSPS) is 12.1. The molecule has 0 rings (SSSR count). The molecular formula is C13H26N2O3S. The van der Waals surface area contributed by atoms with E-state index in [0.29, 0.717) is 25.1 Å². The largest absolute Gasteiger partial charge is 0.550 e. The van der Waals surface area contributed by atoms with Crippen LogP contribution in [0, 0.1) is 0 Å². The van der Waals surface area contributed by atoms with Gasteiger partial charge in [-0.3, -0.25) is 4.79 Å². The summed E-state index contributed by atoms with van der Waals surface area (Å²) in [4.78, 5) is 21.7. The van der Waals surface area contributed by atoms with E-state index in [1.165, 1.54) is 0 Å². The van der Waals surface area contributed by atoms with Crippen molar-refractivity contribution in [3.63, 3.8) is 0 Å². The van der Waals surface area contributed by atoms with Crippen molar-refractivity contribution in [2.24, 2.45) is 0 Å². The summed E-state index contributed by atoms with van der Waals surface area (Å²) in [6.45, 7) is 0.691. The third-order valence-electron chi connectivity index (χ3n) is 2.96. The maximum Gasteiger partial charge on any atom is 0.278 e. The van der Waals surface area contributed by atoms with Gasteiger partial charge in [-0.2, -0.15) is 12.6 Å². The number of unbranched alkanes of at least 4 members (excludes halogenated alkanes) is 5. The van der Waals surface area contributed by atoms with E-state index < -0.39 is 5.97 Å². The first kappa shape index (κ1) is 18.2. The van der Waals surface area contributed by atoms with Crippen LogP contribution in [0.25, 0.3) is 0 Å². The number of nitrogens with one attached hydrogen (secondary N) is 1. The molecule has 0 aromatic rings. The average Bonchev–Trinajstić information content (AvgIpc) is 2.36. The summed E-state index contributed by atoms with van der Waals surface area (Å²) in [5, 5.41) is 13.0. The van der Waals surface area contributed by atoms with Gasteiger partial charge in [0.15, 0.2) is 6.04 Å². The second kappa shape index (κ2) is 12.3. The van der Waals surface area contributed by atoms with E-state index in [9.17, 15) is 14.7 Å². The number of quaternary nitrogens is 1. The molecule has 0 aliphatic heterocycles. The fraction of sp³-hybridized carbons (Fsp3) is 0.846. The van der Waals surface area contributed by atoms with Gasteiger partial charge in [-0.25, -0.2) is 0 Å². The Hall–Kier alpha value is -0.750. The van der Waals surface area contributed by atoms with Gasteiger partial charge in [-0.05, 0) is 25.0 Å². The Morgan fingerprint density at radius 1 is 1.11 bits per heavy atom. The Morgan fingerprint density at radius 2 is 1.68 bits per heavy atom. The highest BCUT2D eigenvalue weighted by Gasteiger charge is 2.14. The van der Waals surface area contributed by atoms with E-state index in [2.05, 4.69) is 23.7 Å². The fourth-order valence-corrected chi connectivity index (χ4v) is 2.06. The van der Waals surface area contributed by atoms with Crippen molar-refractivity contribution < 1.29 is 20.4 Å². The maximum absolute atomic E-state index is 11.5. The van der Waals surface area contributed by atoms with Crippen LogP contribution in [0.4, 0.5) is 0 Å². The standard InChI is InChI=1S/C13H26N2O3S/c14-11(8-10-19)13(18)15-9-6-4-2-1-3-5-7-12(16)17/h11,19H,1-10,14H2,(H,15,18)(H,16,17). The predicted octanol–water partition coefficient (Wildman–Crippen LogP) is -0.486. The maximum atomic E-state index is 11.5. The van der Waals surface area contributed by atoms with Crippen LogP contribution in [-0.2, 0) is 9.59 Å². The Morgan fingerprint density at radius 3 is 2.26 bits per heavy atom. The van der Waals surface area contributed by atoms with Gasteiger partial charge in [-0.1, -0.05) is 25.7 Å². The molecule has 1 amide bonds. The van der Waals surface area contributed by atoms with Crippen molar-refractivity contribution in [1.82, 2.24) is 5.32 Å². The molecule has 0 fully saturated rings. The van der Waals surface area contributed by atoms with E-state index in [4.69, 9.17) is 0 Å². The van der Waals surface area contributed by atoms with Crippen LogP contribution >= 0.6 is 12.6 Å². The van der Waals surface area contributed by atoms with Gasteiger partial charge in [-0.15, -0.1) is 0 Å². The second-order valence-corrected chi connectivity index (χ2v) is 5.19. The molecule has 112 valence electrons. The lowest BCUT2D eigenvalue weighted by atomic mass is 10.1. The molecule has 0 aliphatic carbocycles. The first-order chi connectivity index (χ1) is 9.07. The molecule has 0 heterocycles. The molecule has 0 saturated carbocycles. The Kier molecular flexibility index (Phi) is 11.8. The lowest BCUT2D eigenvalue weighted by Crippen LogP contribution is -2.67. The molecule has 0 bridgehead atoms. The van der Waals surface area contributed by atoms with Crippen LogP contribution in [0.1, 0.15) is 51.4 Å². The molecule has 1 unspecified atom stereocenters. The molecule has 6 heteroatoms. The number of carbonyl (C=O) groups is 2. The fourth-order valence-electron chi connectivity index (χ4n) is 1.74. The summed E-state index contributed by atoms with van der Waals surface area (Å²) in [5.41, 5.74) is 3.78. The van der Waals surface area contributed by atoms with Crippen LogP contribution in [0.15, 0.2) is 0 Å². The van der Waals surface area contributed by atoms with E-state index in [1.54, 1.807) is 0 Å². The van der Waals surface area contributed by atoms with Gasteiger partial charge < -0.3 is 21.0 Å². The summed E-state index contributed by atoms with van der Waals surface area (Å²) < 4.78 is 0. The summed E-state index contributed by atoms with van der Waals surface area (Å²) in [7, 11) is 0. The van der Waals surface area contributed by atoms with Gasteiger partial charge in [0.05, 0.1) is 0 Å². The number of rotatable bonds is 12. The molecule has 0 spiro atoms. The highest BCUT2D eigenvalue weighted by molar-refractivity contribution is 7.80. The minimum atomic E-state index is -0.966. The quantitative estimate of drug-likeness (QED) is 0.334. The van der Waals surface area contributed by atoms with E-state index in [1.807, 2.05) is 0 Å². The van der Waals surface area contributed by atoms with Crippen LogP contribution < -0.4 is 16.2 Å². The molecule has 0 aromatic heterocycles. The van der Waals surface area contributed by atoms with E-state index >= 15 is 0 Å². The SMILES string of the molecule is [NH3+]C(CCS)C(=O)NCCCCCCCCC(=O)[O-]. The van der Waals surface area contributed by atoms with Gasteiger partial charge in [0.25, 0.3) is 5.91 Å². The van der Waals surface area contributed by atoms with Crippen molar-refractivity contribution in [1.29, 1.82) is 0 Å². The van der Waals surface area contributed by atoms with Crippen molar-refractivity contribution in [2.75, 3.05) is 12.3 Å². The lowest BCUT2D eigenvalue weighted by Gasteiger charge is -2.08. The average molecular weight is 290 g/mol. The van der Waals surface area contributed by atoms with Gasteiger partial charge >= 0.3 is 0 Å². The summed E-state index contributed by atoms with van der Waals surface area (Å²) in [6, 6.07) is -0.206. The Balaban J connectivity index is 3.26. The van der Waals surface area contributed by atoms with Gasteiger partial charge in [0.1, 0.15) is 0 Å². The number of thiol groups is 1. The molecule has 0 aromatic carbocycles. The number of hydrogen-bond acceptors (Lipinski definition) is 4. The summed E-state index contributed by atoms with van der Waals surface area (Å²) >= 11 is 4.07. The highest BCUT2D eigenvalue weighted by atomic mass is 32.1. The second-order valence-electron chi connectivity index (χ2n) is 4.74. The van der Waals surface area contributed by atoms with Gasteiger partial charge in [0.2, 0.25) is 0 Å². The smallest absolute Gasteiger partial charge is 0.278 e. The number of hydrogen-bond donors (Lipinski definition) is 3. The first-order valence-corrected chi connectivity index (χ1v) is 7.62. The first-order valence-electron chi connectivity index (χ1n) is 6.99. The zero-order valence-electron chi connectivity index (χ0n) is 11.5. The van der Waals surface area contributed by atoms with Crippen molar-refractivity contribution >= 4 is 24.5 Å². The highest BCUT2D eigenvalue weighted by Crippen LogP contribution is 2.06. The van der Waals surface area contributed by atoms with E-state index in [0.717, 1.165) is 32.1 Å². The van der Waals surface area contributed by atoms with E-state index in [-0.39, 0.29) is 18.4 Å². The number of carboxylic acid groups (broad SMARTS) is 1. The van der Waals surface area contributed by atoms with Crippen LogP contribution in [0.5, 0.6) is 0 Å². The zero-order chi connectivity index (χ0) is 14.5. The lowest BCUT2D eigenvalue weighted by molar-refractivity contribution is -0.403. The summed E-state index contributed by atoms with van der Waals surface area (Å²) in [5.74, 6) is -0.289. The van der Waals surface area contributed by atoms with Crippen molar-refractivity contribution in [3.05, 3.63) is 0 Å². The third-order valence-corrected chi connectivity index (χ3v) is 3.21. The molecular weight excluding hydrogens is 264 g/mol. The Labute approximate surface area is 120 Å². The minimum Gasteiger partial charge on any atom is -0.550 e.